The van der Waals surface area contributed by atoms with Gasteiger partial charge in [0.05, 0.1) is 4.51 Å². The highest BCUT2D eigenvalue weighted by atomic mass is 32.1. The average molecular weight is 565 g/mol. The summed E-state index contributed by atoms with van der Waals surface area (Å²) >= 11 is 8.97. The fourth-order valence-electron chi connectivity index (χ4n) is 5.92. The normalized spacial score (nSPS) is 11.1. The predicted octanol–water partition coefficient (Wildman–Crippen LogP) is 6.75. The maximum atomic E-state index is 5.79. The highest BCUT2D eigenvalue weighted by molar-refractivity contribution is 7.72. The number of fused-ring (bicyclic) bond motifs is 2. The van der Waals surface area contributed by atoms with Crippen molar-refractivity contribution in [3.8, 4) is 0 Å². The summed E-state index contributed by atoms with van der Waals surface area (Å²) in [4.78, 5) is 1.00. The molecule has 1 aromatic heterocycles. The van der Waals surface area contributed by atoms with E-state index in [1.807, 2.05) is 42.5 Å². The Morgan fingerprint density at radius 3 is 1.29 bits per heavy atom. The molecule has 0 aliphatic heterocycles. The van der Waals surface area contributed by atoms with Crippen LogP contribution in [-0.4, -0.2) is 6.15 Å². The lowest BCUT2D eigenvalue weighted by Gasteiger charge is -2.44. The van der Waals surface area contributed by atoms with E-state index in [-0.39, 0.29) is 0 Å². The Kier molecular flexibility index (Phi) is 7.86. The first-order chi connectivity index (χ1) is 20.2. The van der Waals surface area contributed by atoms with Crippen molar-refractivity contribution in [1.29, 1.82) is 0 Å². The molecule has 7 rings (SSSR count). The van der Waals surface area contributed by atoms with Gasteiger partial charge in [0.15, 0.2) is 4.90 Å². The lowest BCUT2D eigenvalue weighted by molar-refractivity contribution is 0.660. The lowest BCUT2D eigenvalue weighted by Crippen LogP contribution is -2.74. The molecule has 1 nitrogen and oxygen atoms in total. The Hall–Kier alpha value is -4.38. The Balaban J connectivity index is 0.000000162. The monoisotopic (exact) mass is 564 g/mol. The molecule has 0 radical (unpaired) electrons. The Bertz CT molecular complexity index is 1790. The Labute approximate surface area is 251 Å². The van der Waals surface area contributed by atoms with Crippen molar-refractivity contribution >= 4 is 74.8 Å². The smallest absolute Gasteiger partial charge is 0.151 e. The van der Waals surface area contributed by atoms with Gasteiger partial charge < -0.3 is 4.42 Å². The van der Waals surface area contributed by atoms with Crippen LogP contribution >= 0.6 is 12.2 Å². The average Bonchev–Trinajstić information content (AvgIpc) is 3.04. The van der Waals surface area contributed by atoms with Crippen LogP contribution in [0.4, 0.5) is 0 Å². The molecule has 6 aromatic carbocycles. The van der Waals surface area contributed by atoms with Crippen molar-refractivity contribution in [2.24, 2.45) is 0 Å². The standard InChI is InChI=1S/C24H20B.C13H8OS2/c1-5-13-21(14-6-1)25(22-15-7-2-8-16-22,23-17-9-3-10-18-23)24-19-11-4-12-20-24;15-8-5-6-12-10(7-8)13(16)9-3-1-2-4-11(9)14-12/h1-20H;1-7,15H/q-1;/p+1. The van der Waals surface area contributed by atoms with Crippen LogP contribution in [0.15, 0.2) is 173 Å². The molecule has 0 unspecified atom stereocenters. The Morgan fingerprint density at radius 2 is 0.829 bits per heavy atom. The molecule has 0 amide bonds. The van der Waals surface area contributed by atoms with Gasteiger partial charge in [-0.05, 0) is 36.9 Å². The second-order valence-electron chi connectivity index (χ2n) is 10.1. The molecule has 198 valence electrons. The van der Waals surface area contributed by atoms with Crippen LogP contribution in [0.25, 0.3) is 21.9 Å². The molecule has 0 N–H and O–H groups in total. The van der Waals surface area contributed by atoms with Crippen molar-refractivity contribution in [2.45, 2.75) is 4.90 Å². The third kappa shape index (κ3) is 5.25. The molecule has 1 heterocycles. The van der Waals surface area contributed by atoms with Crippen molar-refractivity contribution < 1.29 is 4.42 Å². The molecule has 41 heavy (non-hydrogen) atoms. The number of hydrogen-bond donors (Lipinski definition) is 0. The summed E-state index contributed by atoms with van der Waals surface area (Å²) in [6.45, 7) is 0. The zero-order valence-electron chi connectivity index (χ0n) is 22.5. The molecule has 0 saturated heterocycles. The van der Waals surface area contributed by atoms with E-state index in [0.29, 0.717) is 0 Å². The highest BCUT2D eigenvalue weighted by Gasteiger charge is 2.31. The third-order valence-corrected chi connectivity index (χ3v) is 8.52. The van der Waals surface area contributed by atoms with Gasteiger partial charge in [0.25, 0.3) is 0 Å². The van der Waals surface area contributed by atoms with E-state index < -0.39 is 6.15 Å². The number of benzene rings is 6. The van der Waals surface area contributed by atoms with Gasteiger partial charge in [-0.3, -0.25) is 0 Å². The molecule has 7 aromatic rings. The van der Waals surface area contributed by atoms with Crippen molar-refractivity contribution in [3.63, 3.8) is 0 Å². The number of para-hydroxylation sites is 1. The molecular weight excluding hydrogens is 535 g/mol. The first-order valence-corrected chi connectivity index (χ1v) is 14.6. The van der Waals surface area contributed by atoms with Crippen LogP contribution in [0.3, 0.4) is 0 Å². The number of rotatable bonds is 4. The minimum Gasteiger partial charge on any atom is -0.456 e. The lowest BCUT2D eigenvalue weighted by atomic mass is 9.13. The second kappa shape index (κ2) is 12.0. The summed E-state index contributed by atoms with van der Waals surface area (Å²) in [5.74, 6) is 0. The van der Waals surface area contributed by atoms with Crippen molar-refractivity contribution in [3.05, 3.63) is 168 Å². The highest BCUT2D eigenvalue weighted by Crippen LogP contribution is 2.25. The van der Waals surface area contributed by atoms with Gasteiger partial charge in [0.2, 0.25) is 0 Å². The summed E-state index contributed by atoms with van der Waals surface area (Å²) in [6, 6.07) is 57.2. The molecule has 0 bridgehead atoms. The van der Waals surface area contributed by atoms with Gasteiger partial charge >= 0.3 is 0 Å². The molecule has 0 atom stereocenters. The van der Waals surface area contributed by atoms with E-state index in [0.717, 1.165) is 31.3 Å². The van der Waals surface area contributed by atoms with Crippen LogP contribution in [0, 0.1) is 4.51 Å². The molecule has 0 spiro atoms. The first-order valence-electron chi connectivity index (χ1n) is 13.7. The van der Waals surface area contributed by atoms with Crippen LogP contribution in [0.1, 0.15) is 0 Å². The molecular formula is C37H29BOS2. The van der Waals surface area contributed by atoms with Crippen LogP contribution in [0.2, 0.25) is 0 Å². The van der Waals surface area contributed by atoms with Gasteiger partial charge in [-0.15, -0.1) is 0 Å². The summed E-state index contributed by atoms with van der Waals surface area (Å²) < 4.78 is 6.64. The minimum atomic E-state index is -1.22. The molecule has 0 saturated carbocycles. The molecule has 0 aliphatic carbocycles. The van der Waals surface area contributed by atoms with Gasteiger partial charge in [0.1, 0.15) is 17.3 Å². The predicted molar refractivity (Wildman–Crippen MR) is 183 cm³/mol. The fraction of sp³-hybridized carbons (Fsp3) is 0. The van der Waals surface area contributed by atoms with E-state index in [2.05, 4.69) is 134 Å². The second-order valence-corrected chi connectivity index (χ2v) is 11.1. The fourth-order valence-corrected chi connectivity index (χ4v) is 6.48. The summed E-state index contributed by atoms with van der Waals surface area (Å²) in [6.07, 6.45) is -1.22. The van der Waals surface area contributed by atoms with Gasteiger partial charge in [0, 0.05) is 16.8 Å². The van der Waals surface area contributed by atoms with Crippen molar-refractivity contribution in [2.75, 3.05) is 0 Å². The van der Waals surface area contributed by atoms with Gasteiger partial charge in [-0.1, -0.05) is 146 Å². The van der Waals surface area contributed by atoms with Crippen LogP contribution < -0.4 is 21.9 Å². The van der Waals surface area contributed by atoms with E-state index in [1.165, 1.54) is 21.9 Å². The Morgan fingerprint density at radius 1 is 0.439 bits per heavy atom. The summed E-state index contributed by atoms with van der Waals surface area (Å²) in [7, 11) is 0. The zero-order chi connectivity index (χ0) is 28.1. The maximum Gasteiger partial charge on any atom is 0.151 e. The molecule has 0 fully saturated rings. The van der Waals surface area contributed by atoms with E-state index in [4.69, 9.17) is 16.6 Å². The van der Waals surface area contributed by atoms with Gasteiger partial charge in [-0.2, -0.15) is 21.9 Å². The van der Waals surface area contributed by atoms with Gasteiger partial charge in [-0.25, -0.2) is 0 Å². The maximum absolute atomic E-state index is 5.79. The summed E-state index contributed by atoms with van der Waals surface area (Å²) in [5, 5.41) is 1.96. The quantitative estimate of drug-likeness (QED) is 0.102. The van der Waals surface area contributed by atoms with Crippen molar-refractivity contribution in [1.82, 2.24) is 0 Å². The third-order valence-electron chi connectivity index (χ3n) is 7.77. The topological polar surface area (TPSA) is 13.1 Å². The minimum absolute atomic E-state index is 0.825. The molecule has 4 heteroatoms. The van der Waals surface area contributed by atoms with Crippen LogP contribution in [-0.2, 0) is 12.6 Å². The van der Waals surface area contributed by atoms with E-state index >= 15 is 0 Å². The van der Waals surface area contributed by atoms with Crippen LogP contribution in [0.5, 0.6) is 0 Å². The zero-order valence-corrected chi connectivity index (χ0v) is 24.3. The SMILES string of the molecule is S=c1c2ccccc2oc2ccc([SH2+])cc12.c1ccc([B-](c2ccccc2)(c2ccccc2)c2ccccc2)cc1. The largest absolute Gasteiger partial charge is 0.456 e. The number of hydrogen-bond acceptors (Lipinski definition) is 2. The van der Waals surface area contributed by atoms with E-state index in [9.17, 15) is 0 Å². The summed E-state index contributed by atoms with van der Waals surface area (Å²) in [5.41, 5.74) is 7.02. The van der Waals surface area contributed by atoms with E-state index in [1.54, 1.807) is 0 Å². The molecule has 0 aliphatic rings. The first kappa shape index (κ1) is 26.8.